The number of halogens is 2. The van der Waals surface area contributed by atoms with Gasteiger partial charge in [-0.05, 0) is 43.7 Å². The van der Waals surface area contributed by atoms with Crippen LogP contribution in [0.2, 0.25) is 0 Å². The number of ether oxygens (including phenoxy) is 4. The van der Waals surface area contributed by atoms with Crippen LogP contribution in [0.15, 0.2) is 54.9 Å². The third-order valence-corrected chi connectivity index (χ3v) is 5.76. The molecule has 0 saturated heterocycles. The molecule has 0 radical (unpaired) electrons. The normalized spacial score (nSPS) is 13.1. The molecule has 1 aliphatic rings. The number of benzene rings is 3. The van der Waals surface area contributed by atoms with E-state index in [4.69, 9.17) is 18.9 Å². The van der Waals surface area contributed by atoms with E-state index >= 15 is 0 Å². The molecule has 5 rings (SSSR count). The first-order valence-corrected chi connectivity index (χ1v) is 11.9. The minimum Gasteiger partial charge on any atom is -0.490 e. The molecule has 0 bridgehead atoms. The lowest BCUT2D eigenvalue weighted by Crippen LogP contribution is -2.31. The summed E-state index contributed by atoms with van der Waals surface area (Å²) in [6.45, 7) is 4.70. The summed E-state index contributed by atoms with van der Waals surface area (Å²) in [6, 6.07) is 10.4. The molecule has 2 heterocycles. The maximum absolute atomic E-state index is 14.9. The van der Waals surface area contributed by atoms with Gasteiger partial charge in [0.15, 0.2) is 11.5 Å². The van der Waals surface area contributed by atoms with E-state index in [1.165, 1.54) is 30.6 Å². The molecular weight excluding hydrogens is 498 g/mol. The molecule has 11 heteroatoms. The van der Waals surface area contributed by atoms with Crippen molar-refractivity contribution in [2.75, 3.05) is 25.1 Å². The predicted molar refractivity (Wildman–Crippen MR) is 135 cm³/mol. The first kappa shape index (κ1) is 25.0. The molecule has 2 amide bonds. The van der Waals surface area contributed by atoms with Crippen molar-refractivity contribution in [2.24, 2.45) is 0 Å². The van der Waals surface area contributed by atoms with Gasteiger partial charge in [-0.25, -0.2) is 23.5 Å². The van der Waals surface area contributed by atoms with Crippen molar-refractivity contribution in [3.8, 4) is 28.9 Å². The van der Waals surface area contributed by atoms with Crippen LogP contribution in [0.3, 0.4) is 0 Å². The minimum absolute atomic E-state index is 0.0517. The topological polar surface area (TPSA) is 104 Å². The van der Waals surface area contributed by atoms with E-state index in [2.05, 4.69) is 20.6 Å². The molecule has 0 spiro atoms. The zero-order valence-electron chi connectivity index (χ0n) is 20.6. The molecule has 9 nitrogen and oxygen atoms in total. The predicted octanol–water partition coefficient (Wildman–Crippen LogP) is 5.75. The van der Waals surface area contributed by atoms with Crippen LogP contribution in [0.25, 0.3) is 10.9 Å². The third-order valence-electron chi connectivity index (χ3n) is 5.76. The molecule has 1 aliphatic heterocycles. The lowest BCUT2D eigenvalue weighted by Gasteiger charge is -2.23. The van der Waals surface area contributed by atoms with E-state index < -0.39 is 17.9 Å². The number of carbonyl (C=O) groups is 1. The second kappa shape index (κ2) is 10.8. The van der Waals surface area contributed by atoms with E-state index in [0.717, 1.165) is 6.07 Å². The summed E-state index contributed by atoms with van der Waals surface area (Å²) in [5.74, 6) is 0.507. The highest BCUT2D eigenvalue weighted by atomic mass is 19.1. The summed E-state index contributed by atoms with van der Waals surface area (Å²) >= 11 is 0. The Morgan fingerprint density at radius 3 is 2.55 bits per heavy atom. The van der Waals surface area contributed by atoms with E-state index in [1.54, 1.807) is 25.1 Å². The molecule has 0 aliphatic carbocycles. The third kappa shape index (κ3) is 5.22. The zero-order valence-corrected chi connectivity index (χ0v) is 20.6. The maximum Gasteiger partial charge on any atom is 0.319 e. The molecule has 1 atom stereocenters. The summed E-state index contributed by atoms with van der Waals surface area (Å²) < 4.78 is 51.2. The summed E-state index contributed by atoms with van der Waals surface area (Å²) in [5, 5.41) is 5.62. The average Bonchev–Trinajstić information content (AvgIpc) is 2.91. The highest BCUT2D eigenvalue weighted by Crippen LogP contribution is 2.47. The zero-order chi connectivity index (χ0) is 26.6. The molecule has 0 unspecified atom stereocenters. The van der Waals surface area contributed by atoms with Crippen molar-refractivity contribution >= 4 is 22.6 Å². The van der Waals surface area contributed by atoms with Crippen molar-refractivity contribution in [1.82, 2.24) is 15.3 Å². The number of anilines is 1. The van der Waals surface area contributed by atoms with E-state index in [0.29, 0.717) is 53.5 Å². The fourth-order valence-electron chi connectivity index (χ4n) is 3.98. The number of aromatic nitrogens is 2. The number of amides is 2. The summed E-state index contributed by atoms with van der Waals surface area (Å²) in [5.41, 5.74) is 1.16. The second-order valence-electron chi connectivity index (χ2n) is 8.35. The Labute approximate surface area is 216 Å². The molecule has 38 heavy (non-hydrogen) atoms. The Hall–Kier alpha value is -4.67. The van der Waals surface area contributed by atoms with Gasteiger partial charge in [0.25, 0.3) is 0 Å². The average molecular weight is 523 g/mol. The van der Waals surface area contributed by atoms with Gasteiger partial charge in [0.1, 0.15) is 42.3 Å². The lowest BCUT2D eigenvalue weighted by molar-refractivity contribution is 0.165. The fraction of sp³-hybridized carbons (Fsp3) is 0.222. The number of nitrogens with zero attached hydrogens (tertiary/aromatic N) is 2. The largest absolute Gasteiger partial charge is 0.490 e. The van der Waals surface area contributed by atoms with Gasteiger partial charge < -0.3 is 29.6 Å². The maximum atomic E-state index is 14.9. The number of rotatable bonds is 7. The Morgan fingerprint density at radius 1 is 1.05 bits per heavy atom. The second-order valence-corrected chi connectivity index (χ2v) is 8.35. The highest BCUT2D eigenvalue weighted by molar-refractivity contribution is 5.94. The Morgan fingerprint density at radius 2 is 1.82 bits per heavy atom. The molecule has 0 fully saturated rings. The molecular formula is C27H24F2N4O5. The van der Waals surface area contributed by atoms with E-state index in [-0.39, 0.29) is 23.1 Å². The first-order valence-electron chi connectivity index (χ1n) is 11.9. The van der Waals surface area contributed by atoms with Crippen LogP contribution in [0, 0.1) is 11.6 Å². The van der Waals surface area contributed by atoms with Crippen molar-refractivity contribution in [1.29, 1.82) is 0 Å². The van der Waals surface area contributed by atoms with Gasteiger partial charge in [0.2, 0.25) is 11.6 Å². The van der Waals surface area contributed by atoms with Crippen LogP contribution in [-0.2, 0) is 0 Å². The molecule has 196 valence electrons. The van der Waals surface area contributed by atoms with Crippen molar-refractivity contribution in [2.45, 2.75) is 19.9 Å². The molecule has 4 aromatic rings. The van der Waals surface area contributed by atoms with Gasteiger partial charge >= 0.3 is 6.03 Å². The number of nitrogens with one attached hydrogen (secondary N) is 2. The first-order chi connectivity index (χ1) is 18.4. The summed E-state index contributed by atoms with van der Waals surface area (Å²) in [7, 11) is 0. The Balaban J connectivity index is 1.34. The monoisotopic (exact) mass is 522 g/mol. The molecule has 0 saturated carbocycles. The van der Waals surface area contributed by atoms with Crippen LogP contribution in [-0.4, -0.2) is 35.8 Å². The van der Waals surface area contributed by atoms with E-state index in [1.807, 2.05) is 6.92 Å². The number of hydrogen-bond donors (Lipinski definition) is 2. The van der Waals surface area contributed by atoms with E-state index in [9.17, 15) is 13.6 Å². The Kier molecular flexibility index (Phi) is 7.07. The van der Waals surface area contributed by atoms with Gasteiger partial charge in [-0.15, -0.1) is 0 Å². The standard InChI is InChI=1S/C27H24F2N4O5/c1-3-35-22-13-21-23(25-24(22)36-10-11-37-25)26(31-14-30-21)38-18-8-9-20(19(29)12-18)33-27(34)32-15(2)16-4-6-17(28)7-5-16/h4-9,12-15H,3,10-11H2,1-2H3,(H2,32,33,34)/t15-/m1/s1. The van der Waals surface area contributed by atoms with Crippen LogP contribution < -0.4 is 29.6 Å². The van der Waals surface area contributed by atoms with Crippen LogP contribution >= 0.6 is 0 Å². The van der Waals surface area contributed by atoms with Gasteiger partial charge in [-0.2, -0.15) is 0 Å². The molecule has 1 aromatic heterocycles. The Bertz CT molecular complexity index is 1480. The van der Waals surface area contributed by atoms with Crippen LogP contribution in [0.5, 0.6) is 28.9 Å². The molecule has 3 aromatic carbocycles. The summed E-state index contributed by atoms with van der Waals surface area (Å²) in [4.78, 5) is 20.9. The number of urea groups is 1. The van der Waals surface area contributed by atoms with Crippen molar-refractivity contribution < 1.29 is 32.5 Å². The van der Waals surface area contributed by atoms with Gasteiger partial charge in [0, 0.05) is 12.1 Å². The number of fused-ring (bicyclic) bond motifs is 3. The number of carbonyl (C=O) groups excluding carboxylic acids is 1. The van der Waals surface area contributed by atoms with Crippen LogP contribution in [0.1, 0.15) is 25.5 Å². The smallest absolute Gasteiger partial charge is 0.319 e. The van der Waals surface area contributed by atoms with Gasteiger partial charge in [0.05, 0.1) is 23.9 Å². The highest BCUT2D eigenvalue weighted by Gasteiger charge is 2.25. The van der Waals surface area contributed by atoms with Crippen LogP contribution in [0.4, 0.5) is 19.3 Å². The van der Waals surface area contributed by atoms with Crippen molar-refractivity contribution in [3.63, 3.8) is 0 Å². The molecule has 2 N–H and O–H groups in total. The number of hydrogen-bond acceptors (Lipinski definition) is 7. The van der Waals surface area contributed by atoms with Gasteiger partial charge in [-0.3, -0.25) is 0 Å². The SMILES string of the molecule is CCOc1cc2ncnc(Oc3ccc(NC(=O)N[C@H](C)c4ccc(F)cc4)c(F)c3)c2c2c1OCCO2. The van der Waals surface area contributed by atoms with Crippen molar-refractivity contribution in [3.05, 3.63) is 72.1 Å². The quantitative estimate of drug-likeness (QED) is 0.318. The lowest BCUT2D eigenvalue weighted by atomic mass is 10.1. The van der Waals surface area contributed by atoms with Gasteiger partial charge in [-0.1, -0.05) is 12.1 Å². The summed E-state index contributed by atoms with van der Waals surface area (Å²) in [6.07, 6.45) is 1.32. The fourth-order valence-corrected chi connectivity index (χ4v) is 3.98. The minimum atomic E-state index is -0.717.